The summed E-state index contributed by atoms with van der Waals surface area (Å²) >= 11 is 5.96. The molecule has 2 aromatic carbocycles. The Morgan fingerprint density at radius 3 is 1.52 bits per heavy atom. The van der Waals surface area contributed by atoms with E-state index in [1.165, 1.54) is 77.0 Å². The van der Waals surface area contributed by atoms with Gasteiger partial charge in [0.2, 0.25) is 0 Å². The minimum absolute atomic E-state index is 0.363. The molecule has 170 valence electrons. The average molecular weight is 441 g/mol. The molecular weight excluding hydrogens is 400 g/mol. The lowest BCUT2D eigenvalue weighted by molar-refractivity contribution is -0.118. The Morgan fingerprint density at radius 1 is 0.613 bits per heavy atom. The zero-order valence-corrected chi connectivity index (χ0v) is 20.3. The van der Waals surface area contributed by atoms with Crippen LogP contribution in [0.1, 0.15) is 102 Å². The van der Waals surface area contributed by atoms with Gasteiger partial charge in [-0.2, -0.15) is 0 Å². The molecular formula is C29H41ClO. The minimum Gasteiger partial charge on any atom is -0.299 e. The maximum absolute atomic E-state index is 12.3. The molecule has 0 aromatic heterocycles. The Labute approximate surface area is 195 Å². The zero-order valence-electron chi connectivity index (χ0n) is 19.5. The van der Waals surface area contributed by atoms with Gasteiger partial charge < -0.3 is 0 Å². The zero-order chi connectivity index (χ0) is 22.2. The van der Waals surface area contributed by atoms with E-state index in [9.17, 15) is 4.79 Å². The molecule has 0 unspecified atom stereocenters. The van der Waals surface area contributed by atoms with Crippen LogP contribution in [0.2, 0.25) is 5.02 Å². The van der Waals surface area contributed by atoms with Crippen LogP contribution in [0, 0.1) is 0 Å². The quantitative estimate of drug-likeness (QED) is 0.224. The number of halogens is 1. The maximum atomic E-state index is 12.3. The smallest absolute Gasteiger partial charge is 0.137 e. The van der Waals surface area contributed by atoms with Gasteiger partial charge in [-0.25, -0.2) is 0 Å². The molecule has 0 saturated heterocycles. The summed E-state index contributed by atoms with van der Waals surface area (Å²) in [7, 11) is 0. The van der Waals surface area contributed by atoms with Crippen molar-refractivity contribution in [3.8, 4) is 11.1 Å². The van der Waals surface area contributed by atoms with E-state index in [-0.39, 0.29) is 0 Å². The highest BCUT2D eigenvalue weighted by molar-refractivity contribution is 6.30. The van der Waals surface area contributed by atoms with E-state index in [0.717, 1.165) is 34.6 Å². The molecule has 0 spiro atoms. The maximum Gasteiger partial charge on any atom is 0.137 e. The molecule has 0 radical (unpaired) electrons. The van der Waals surface area contributed by atoms with E-state index >= 15 is 0 Å². The molecule has 2 rings (SSSR count). The first-order chi connectivity index (χ1) is 15.2. The SMILES string of the molecule is CCCCCCCCCCCCCCCC(=O)Cc1ccc(-c2ccc(Cl)cc2)cc1. The van der Waals surface area contributed by atoms with Gasteiger partial charge in [0.1, 0.15) is 5.78 Å². The van der Waals surface area contributed by atoms with Crippen LogP contribution in [-0.2, 0) is 11.2 Å². The second-order valence-electron chi connectivity index (χ2n) is 8.91. The molecule has 31 heavy (non-hydrogen) atoms. The van der Waals surface area contributed by atoms with Crippen molar-refractivity contribution in [3.05, 3.63) is 59.1 Å². The van der Waals surface area contributed by atoms with Gasteiger partial charge in [-0.1, -0.05) is 132 Å². The number of carbonyl (C=O) groups excluding carboxylic acids is 1. The Balaban J connectivity index is 1.48. The molecule has 0 aliphatic heterocycles. The van der Waals surface area contributed by atoms with Gasteiger partial charge in [0.25, 0.3) is 0 Å². The van der Waals surface area contributed by atoms with Gasteiger partial charge in [-0.05, 0) is 35.2 Å². The van der Waals surface area contributed by atoms with Crippen LogP contribution < -0.4 is 0 Å². The van der Waals surface area contributed by atoms with Crippen molar-refractivity contribution in [2.45, 2.75) is 103 Å². The van der Waals surface area contributed by atoms with Crippen LogP contribution in [0.15, 0.2) is 48.5 Å². The normalized spacial score (nSPS) is 11.0. The van der Waals surface area contributed by atoms with Crippen LogP contribution in [0.4, 0.5) is 0 Å². The molecule has 0 fully saturated rings. The molecule has 1 nitrogen and oxygen atoms in total. The fourth-order valence-electron chi connectivity index (χ4n) is 4.11. The fourth-order valence-corrected chi connectivity index (χ4v) is 4.24. The third-order valence-corrected chi connectivity index (χ3v) is 6.34. The highest BCUT2D eigenvalue weighted by atomic mass is 35.5. The second kappa shape index (κ2) is 16.1. The van der Waals surface area contributed by atoms with E-state index in [4.69, 9.17) is 11.6 Å². The first-order valence-electron chi connectivity index (χ1n) is 12.6. The van der Waals surface area contributed by atoms with Crippen molar-refractivity contribution < 1.29 is 4.79 Å². The summed E-state index contributed by atoms with van der Waals surface area (Å²) in [6, 6.07) is 16.2. The second-order valence-corrected chi connectivity index (χ2v) is 9.35. The standard InChI is InChI=1S/C29H41ClO/c1-2-3-4-5-6-7-8-9-10-11-12-13-14-15-29(31)24-25-16-18-26(19-17-25)27-20-22-28(30)23-21-27/h16-23H,2-15,24H2,1H3. The molecule has 0 aliphatic carbocycles. The monoisotopic (exact) mass is 440 g/mol. The lowest BCUT2D eigenvalue weighted by Gasteiger charge is -2.05. The number of hydrogen-bond acceptors (Lipinski definition) is 1. The van der Waals surface area contributed by atoms with Crippen molar-refractivity contribution in [2.24, 2.45) is 0 Å². The summed E-state index contributed by atoms with van der Waals surface area (Å²) in [5.41, 5.74) is 3.41. The number of unbranched alkanes of at least 4 members (excludes halogenated alkanes) is 12. The van der Waals surface area contributed by atoms with Crippen LogP contribution in [-0.4, -0.2) is 5.78 Å². The van der Waals surface area contributed by atoms with Crippen molar-refractivity contribution in [3.63, 3.8) is 0 Å². The third-order valence-electron chi connectivity index (χ3n) is 6.09. The summed E-state index contributed by atoms with van der Waals surface area (Å²) in [5.74, 6) is 0.363. The number of carbonyl (C=O) groups is 1. The topological polar surface area (TPSA) is 17.1 Å². The highest BCUT2D eigenvalue weighted by Crippen LogP contribution is 2.22. The number of hydrogen-bond donors (Lipinski definition) is 0. The lowest BCUT2D eigenvalue weighted by Crippen LogP contribution is -2.02. The Bertz CT molecular complexity index is 717. The van der Waals surface area contributed by atoms with Gasteiger partial charge >= 0.3 is 0 Å². The van der Waals surface area contributed by atoms with E-state index in [1.807, 2.05) is 24.3 Å². The molecule has 0 aliphatic rings. The summed E-state index contributed by atoms with van der Waals surface area (Å²) < 4.78 is 0. The Morgan fingerprint density at radius 2 is 1.03 bits per heavy atom. The van der Waals surface area contributed by atoms with Crippen molar-refractivity contribution in [1.82, 2.24) is 0 Å². The molecule has 2 aromatic rings. The van der Waals surface area contributed by atoms with Crippen LogP contribution >= 0.6 is 11.6 Å². The van der Waals surface area contributed by atoms with Crippen LogP contribution in [0.5, 0.6) is 0 Å². The predicted molar refractivity (Wildman–Crippen MR) is 136 cm³/mol. The van der Waals surface area contributed by atoms with E-state index < -0.39 is 0 Å². The fraction of sp³-hybridized carbons (Fsp3) is 0.552. The van der Waals surface area contributed by atoms with Gasteiger partial charge in [0, 0.05) is 17.9 Å². The molecule has 0 amide bonds. The molecule has 0 N–H and O–H groups in total. The molecule has 0 bridgehead atoms. The first kappa shape index (κ1) is 25.7. The van der Waals surface area contributed by atoms with Crippen molar-refractivity contribution in [2.75, 3.05) is 0 Å². The van der Waals surface area contributed by atoms with E-state index in [0.29, 0.717) is 12.2 Å². The van der Waals surface area contributed by atoms with Crippen LogP contribution in [0.25, 0.3) is 11.1 Å². The van der Waals surface area contributed by atoms with Gasteiger partial charge in [0.15, 0.2) is 0 Å². The Kier molecular flexibility index (Phi) is 13.3. The molecule has 0 atom stereocenters. The van der Waals surface area contributed by atoms with Gasteiger partial charge in [-0.15, -0.1) is 0 Å². The summed E-state index contributed by atoms with van der Waals surface area (Å²) in [6.45, 7) is 2.28. The largest absolute Gasteiger partial charge is 0.299 e. The number of Topliss-reactive ketones (excluding diaryl/α,β-unsaturated/α-hetero) is 1. The molecule has 2 heteroatoms. The molecule has 0 heterocycles. The average Bonchev–Trinajstić information content (AvgIpc) is 2.78. The van der Waals surface area contributed by atoms with Crippen LogP contribution in [0.3, 0.4) is 0 Å². The molecule has 0 saturated carbocycles. The predicted octanol–water partition coefficient (Wildman–Crippen LogP) is 9.60. The lowest BCUT2D eigenvalue weighted by atomic mass is 10.00. The van der Waals surface area contributed by atoms with Gasteiger partial charge in [-0.3, -0.25) is 4.79 Å². The summed E-state index contributed by atoms with van der Waals surface area (Å²) in [6.07, 6.45) is 18.7. The number of benzene rings is 2. The van der Waals surface area contributed by atoms with E-state index in [1.54, 1.807) is 0 Å². The Hall–Kier alpha value is -1.60. The number of ketones is 1. The third kappa shape index (κ3) is 11.5. The van der Waals surface area contributed by atoms with Crippen molar-refractivity contribution >= 4 is 17.4 Å². The summed E-state index contributed by atoms with van der Waals surface area (Å²) in [4.78, 5) is 12.3. The minimum atomic E-state index is 0.363. The first-order valence-corrected chi connectivity index (χ1v) is 12.9. The van der Waals surface area contributed by atoms with Gasteiger partial charge in [0.05, 0.1) is 0 Å². The summed E-state index contributed by atoms with van der Waals surface area (Å²) in [5, 5.41) is 0.749. The number of rotatable bonds is 17. The van der Waals surface area contributed by atoms with Crippen molar-refractivity contribution in [1.29, 1.82) is 0 Å². The van der Waals surface area contributed by atoms with E-state index in [2.05, 4.69) is 31.2 Å². The highest BCUT2D eigenvalue weighted by Gasteiger charge is 2.05.